The van der Waals surface area contributed by atoms with E-state index in [0.717, 1.165) is 4.88 Å². The van der Waals surface area contributed by atoms with Crippen LogP contribution in [0.5, 0.6) is 5.75 Å². The van der Waals surface area contributed by atoms with E-state index in [1.54, 1.807) is 60.7 Å². The standard InChI is InChI=1S/C22H16Cl2O4S/c23-13-7-5-12(6-8-13)16(25)11-15(18-9-10-19(24)29-18)20-21(26)14-3-1-2-4-17(14)28-22(20)27/h1-10,15-16,25-26H,11H2. The van der Waals surface area contributed by atoms with Crippen molar-refractivity contribution < 1.29 is 14.6 Å². The van der Waals surface area contributed by atoms with Gasteiger partial charge in [-0.2, -0.15) is 0 Å². The molecule has 4 aromatic rings. The molecule has 0 bridgehead atoms. The van der Waals surface area contributed by atoms with E-state index in [4.69, 9.17) is 27.6 Å². The quantitative estimate of drug-likeness (QED) is 0.362. The number of aliphatic hydroxyl groups is 1. The van der Waals surface area contributed by atoms with E-state index in [1.807, 2.05) is 0 Å². The molecule has 0 saturated heterocycles. The molecule has 0 fully saturated rings. The van der Waals surface area contributed by atoms with Gasteiger partial charge < -0.3 is 14.6 Å². The maximum Gasteiger partial charge on any atom is 0.343 e. The van der Waals surface area contributed by atoms with Crippen LogP contribution in [0.3, 0.4) is 0 Å². The van der Waals surface area contributed by atoms with Gasteiger partial charge in [0.05, 0.1) is 21.4 Å². The van der Waals surface area contributed by atoms with Crippen LogP contribution in [-0.4, -0.2) is 10.2 Å². The topological polar surface area (TPSA) is 70.7 Å². The number of para-hydroxylation sites is 1. The molecule has 0 amide bonds. The number of benzene rings is 2. The zero-order valence-corrected chi connectivity index (χ0v) is 17.3. The first-order valence-corrected chi connectivity index (χ1v) is 10.4. The van der Waals surface area contributed by atoms with Crippen molar-refractivity contribution in [3.05, 3.63) is 96.4 Å². The summed E-state index contributed by atoms with van der Waals surface area (Å²) in [5.41, 5.74) is 0.431. The summed E-state index contributed by atoms with van der Waals surface area (Å²) in [6.07, 6.45) is -0.724. The Bertz CT molecular complexity index is 1210. The fraction of sp³-hybridized carbons (Fsp3) is 0.136. The van der Waals surface area contributed by atoms with Crippen LogP contribution in [0.1, 0.15) is 34.4 Å². The van der Waals surface area contributed by atoms with Crippen molar-refractivity contribution in [1.82, 2.24) is 0 Å². The second-order valence-electron chi connectivity index (χ2n) is 6.65. The van der Waals surface area contributed by atoms with Crippen LogP contribution in [0.15, 0.2) is 69.9 Å². The average molecular weight is 447 g/mol. The Labute approximate surface area is 180 Å². The molecule has 29 heavy (non-hydrogen) atoms. The minimum absolute atomic E-state index is 0.107. The van der Waals surface area contributed by atoms with Crippen molar-refractivity contribution in [1.29, 1.82) is 0 Å². The van der Waals surface area contributed by atoms with Gasteiger partial charge >= 0.3 is 5.63 Å². The van der Waals surface area contributed by atoms with Crippen molar-refractivity contribution in [2.75, 3.05) is 0 Å². The highest BCUT2D eigenvalue weighted by molar-refractivity contribution is 7.16. The molecule has 2 aromatic carbocycles. The molecule has 0 saturated carbocycles. The maximum atomic E-state index is 12.8. The Morgan fingerprint density at radius 3 is 2.41 bits per heavy atom. The molecule has 0 aliphatic heterocycles. The Morgan fingerprint density at radius 1 is 1.00 bits per heavy atom. The van der Waals surface area contributed by atoms with Gasteiger partial charge in [0.1, 0.15) is 11.3 Å². The predicted octanol–water partition coefficient (Wildman–Crippen LogP) is 6.12. The number of hydrogen-bond donors (Lipinski definition) is 2. The number of aromatic hydroxyl groups is 1. The maximum absolute atomic E-state index is 12.8. The third kappa shape index (κ3) is 4.05. The predicted molar refractivity (Wildman–Crippen MR) is 116 cm³/mol. The molecular formula is C22H16Cl2O4S. The van der Waals surface area contributed by atoms with Crippen molar-refractivity contribution in [2.45, 2.75) is 18.4 Å². The van der Waals surface area contributed by atoms with E-state index in [2.05, 4.69) is 0 Å². The number of fused-ring (bicyclic) bond motifs is 1. The molecule has 0 spiro atoms. The summed E-state index contributed by atoms with van der Waals surface area (Å²) in [5.74, 6) is -0.742. The molecule has 0 aliphatic rings. The van der Waals surface area contributed by atoms with E-state index in [1.165, 1.54) is 11.3 Å². The molecule has 2 atom stereocenters. The molecular weight excluding hydrogens is 431 g/mol. The van der Waals surface area contributed by atoms with E-state index < -0.39 is 17.6 Å². The van der Waals surface area contributed by atoms with Crippen molar-refractivity contribution in [3.8, 4) is 5.75 Å². The molecule has 2 heterocycles. The van der Waals surface area contributed by atoms with Crippen LogP contribution < -0.4 is 5.63 Å². The lowest BCUT2D eigenvalue weighted by atomic mass is 9.89. The number of hydrogen-bond acceptors (Lipinski definition) is 5. The molecule has 0 radical (unpaired) electrons. The normalized spacial score (nSPS) is 13.5. The van der Waals surface area contributed by atoms with Crippen molar-refractivity contribution in [2.24, 2.45) is 0 Å². The molecule has 4 nitrogen and oxygen atoms in total. The molecule has 2 unspecified atom stereocenters. The van der Waals surface area contributed by atoms with Crippen LogP contribution >= 0.6 is 34.5 Å². The number of thiophene rings is 1. The van der Waals surface area contributed by atoms with Gasteiger partial charge in [0.25, 0.3) is 0 Å². The van der Waals surface area contributed by atoms with E-state index in [9.17, 15) is 15.0 Å². The summed E-state index contributed by atoms with van der Waals surface area (Å²) < 4.78 is 5.99. The Balaban J connectivity index is 1.82. The third-order valence-corrected chi connectivity index (χ3v) is 6.42. The molecule has 2 N–H and O–H groups in total. The number of aliphatic hydroxyl groups excluding tert-OH is 1. The smallest absolute Gasteiger partial charge is 0.343 e. The van der Waals surface area contributed by atoms with Gasteiger partial charge in [-0.05, 0) is 48.4 Å². The Morgan fingerprint density at radius 2 is 1.72 bits per heavy atom. The third-order valence-electron chi connectivity index (χ3n) is 4.82. The molecule has 0 aliphatic carbocycles. The van der Waals surface area contributed by atoms with Gasteiger partial charge in [-0.25, -0.2) is 4.79 Å². The highest BCUT2D eigenvalue weighted by Crippen LogP contribution is 2.42. The molecule has 7 heteroatoms. The van der Waals surface area contributed by atoms with Gasteiger partial charge in [0.15, 0.2) is 0 Å². The SMILES string of the molecule is O=c1oc2ccccc2c(O)c1C(CC(O)c1ccc(Cl)cc1)c1ccc(Cl)s1. The van der Waals surface area contributed by atoms with Gasteiger partial charge in [-0.1, -0.05) is 47.5 Å². The van der Waals surface area contributed by atoms with Crippen LogP contribution in [0.25, 0.3) is 11.0 Å². The summed E-state index contributed by atoms with van der Waals surface area (Å²) in [6.45, 7) is 0. The Hall–Kier alpha value is -2.31. The fourth-order valence-corrected chi connectivity index (χ4v) is 4.70. The highest BCUT2D eigenvalue weighted by Gasteiger charge is 2.28. The zero-order valence-electron chi connectivity index (χ0n) is 15.0. The lowest BCUT2D eigenvalue weighted by molar-refractivity contribution is 0.161. The summed E-state index contributed by atoms with van der Waals surface area (Å²) in [4.78, 5) is 13.5. The van der Waals surface area contributed by atoms with Crippen molar-refractivity contribution in [3.63, 3.8) is 0 Å². The van der Waals surface area contributed by atoms with E-state index >= 15 is 0 Å². The Kier molecular flexibility index (Phi) is 5.65. The molecule has 148 valence electrons. The monoisotopic (exact) mass is 446 g/mol. The van der Waals surface area contributed by atoms with Crippen LogP contribution in [0.2, 0.25) is 9.36 Å². The van der Waals surface area contributed by atoms with Gasteiger partial charge in [-0.3, -0.25) is 0 Å². The first kappa shape index (κ1) is 20.0. The highest BCUT2D eigenvalue weighted by atomic mass is 35.5. The molecule has 2 aromatic heterocycles. The zero-order chi connectivity index (χ0) is 20.5. The van der Waals surface area contributed by atoms with E-state index in [0.29, 0.717) is 25.9 Å². The number of rotatable bonds is 5. The summed E-state index contributed by atoms with van der Waals surface area (Å²) in [7, 11) is 0. The lowest BCUT2D eigenvalue weighted by Crippen LogP contribution is -2.16. The van der Waals surface area contributed by atoms with E-state index in [-0.39, 0.29) is 17.7 Å². The van der Waals surface area contributed by atoms with Crippen LogP contribution in [0.4, 0.5) is 0 Å². The minimum Gasteiger partial charge on any atom is -0.507 e. The average Bonchev–Trinajstić information content (AvgIpc) is 3.13. The largest absolute Gasteiger partial charge is 0.507 e. The van der Waals surface area contributed by atoms with Gasteiger partial charge in [0, 0.05) is 15.8 Å². The lowest BCUT2D eigenvalue weighted by Gasteiger charge is -2.20. The summed E-state index contributed by atoms with van der Waals surface area (Å²) in [5, 5.41) is 22.7. The van der Waals surface area contributed by atoms with Crippen molar-refractivity contribution >= 4 is 45.5 Å². The van der Waals surface area contributed by atoms with Crippen LogP contribution in [0, 0.1) is 0 Å². The van der Waals surface area contributed by atoms with Crippen LogP contribution in [-0.2, 0) is 0 Å². The second kappa shape index (κ2) is 8.20. The first-order chi connectivity index (χ1) is 13.9. The second-order valence-corrected chi connectivity index (χ2v) is 8.83. The first-order valence-electron chi connectivity index (χ1n) is 8.87. The van der Waals surface area contributed by atoms with Gasteiger partial charge in [0.2, 0.25) is 0 Å². The fourth-order valence-electron chi connectivity index (χ4n) is 3.39. The number of halogens is 2. The summed E-state index contributed by atoms with van der Waals surface area (Å²) >= 11 is 13.3. The molecule has 4 rings (SSSR count). The van der Waals surface area contributed by atoms with Gasteiger partial charge in [-0.15, -0.1) is 11.3 Å². The summed E-state index contributed by atoms with van der Waals surface area (Å²) in [6, 6.07) is 17.2. The minimum atomic E-state index is -0.886.